The molecule has 1 saturated heterocycles. The average Bonchev–Trinajstić information content (AvgIpc) is 3.29. The lowest BCUT2D eigenvalue weighted by atomic mass is 9.97. The lowest BCUT2D eigenvalue weighted by Gasteiger charge is -2.32. The van der Waals surface area contributed by atoms with Gasteiger partial charge in [-0.1, -0.05) is 25.0 Å². The first-order valence-corrected chi connectivity index (χ1v) is 10.7. The van der Waals surface area contributed by atoms with Crippen molar-refractivity contribution in [2.75, 3.05) is 0 Å². The summed E-state index contributed by atoms with van der Waals surface area (Å²) in [7, 11) is 0. The molecular weight excluding hydrogens is 398 g/mol. The third-order valence-electron chi connectivity index (χ3n) is 6.28. The molecule has 4 rings (SSSR count). The summed E-state index contributed by atoms with van der Waals surface area (Å²) in [5.41, 5.74) is -0.593. The third kappa shape index (κ3) is 3.58. The highest BCUT2D eigenvalue weighted by Gasteiger charge is 2.54. The highest BCUT2D eigenvalue weighted by Crippen LogP contribution is 2.36. The number of nitrogens with one attached hydrogen (secondary N) is 2. The van der Waals surface area contributed by atoms with Crippen LogP contribution in [0.25, 0.3) is 10.9 Å². The van der Waals surface area contributed by atoms with Crippen molar-refractivity contribution in [2.24, 2.45) is 0 Å². The average molecular weight is 425 g/mol. The molecule has 1 aliphatic heterocycles. The lowest BCUT2D eigenvalue weighted by molar-refractivity contribution is -0.144. The number of hydrogen-bond acceptors (Lipinski definition) is 5. The van der Waals surface area contributed by atoms with Gasteiger partial charge in [-0.3, -0.25) is 14.4 Å². The molecule has 2 N–H and O–H groups in total. The Kier molecular flexibility index (Phi) is 5.28. The number of amides is 4. The van der Waals surface area contributed by atoms with Crippen molar-refractivity contribution < 1.29 is 14.4 Å². The second kappa shape index (κ2) is 7.79. The molecule has 1 aromatic heterocycles. The Morgan fingerprint density at radius 2 is 1.84 bits per heavy atom. The molecule has 0 radical (unpaired) electrons. The second-order valence-electron chi connectivity index (χ2n) is 8.66. The van der Waals surface area contributed by atoms with Gasteiger partial charge in [-0.25, -0.2) is 14.7 Å². The van der Waals surface area contributed by atoms with Crippen LogP contribution in [0.2, 0.25) is 0 Å². The minimum absolute atomic E-state index is 0.0652. The number of nitrogens with zero attached hydrogens (tertiary/aromatic N) is 3. The largest absolute Gasteiger partial charge is 0.331 e. The number of aromatic nitrogens is 2. The molecule has 164 valence electrons. The van der Waals surface area contributed by atoms with Gasteiger partial charge in [-0.05, 0) is 45.7 Å². The van der Waals surface area contributed by atoms with E-state index < -0.39 is 17.6 Å². The molecule has 4 amide bonds. The molecule has 1 atom stereocenters. The zero-order valence-corrected chi connectivity index (χ0v) is 18.0. The number of carbonyl (C=O) groups is 3. The van der Waals surface area contributed by atoms with E-state index >= 15 is 0 Å². The van der Waals surface area contributed by atoms with Crippen molar-refractivity contribution in [3.63, 3.8) is 0 Å². The summed E-state index contributed by atoms with van der Waals surface area (Å²) in [5.74, 6) is -0.344. The molecule has 2 heterocycles. The van der Waals surface area contributed by atoms with E-state index in [1.165, 1.54) is 4.90 Å². The van der Waals surface area contributed by atoms with E-state index in [0.29, 0.717) is 29.6 Å². The number of imide groups is 1. The van der Waals surface area contributed by atoms with Gasteiger partial charge in [0.05, 0.1) is 17.4 Å². The molecule has 31 heavy (non-hydrogen) atoms. The Bertz CT molecular complexity index is 1100. The van der Waals surface area contributed by atoms with Gasteiger partial charge in [0.25, 0.3) is 11.5 Å². The number of rotatable bonds is 5. The maximum Gasteiger partial charge on any atom is 0.325 e. The minimum Gasteiger partial charge on any atom is -0.331 e. The second-order valence-corrected chi connectivity index (χ2v) is 8.66. The topological polar surface area (TPSA) is 115 Å². The number of aromatic amines is 1. The van der Waals surface area contributed by atoms with Gasteiger partial charge in [0.2, 0.25) is 5.91 Å². The molecule has 2 fully saturated rings. The quantitative estimate of drug-likeness (QED) is 0.710. The monoisotopic (exact) mass is 425 g/mol. The Morgan fingerprint density at radius 1 is 1.16 bits per heavy atom. The molecule has 9 heteroatoms. The molecule has 9 nitrogen and oxygen atoms in total. The van der Waals surface area contributed by atoms with Gasteiger partial charge < -0.3 is 15.2 Å². The van der Waals surface area contributed by atoms with E-state index in [0.717, 1.165) is 17.7 Å². The smallest absolute Gasteiger partial charge is 0.325 e. The van der Waals surface area contributed by atoms with E-state index in [9.17, 15) is 19.2 Å². The summed E-state index contributed by atoms with van der Waals surface area (Å²) in [4.78, 5) is 61.2. The van der Waals surface area contributed by atoms with Crippen LogP contribution >= 0.6 is 0 Å². The van der Waals surface area contributed by atoms with Crippen molar-refractivity contribution in [1.82, 2.24) is 25.1 Å². The van der Waals surface area contributed by atoms with Crippen LogP contribution in [0.15, 0.2) is 29.1 Å². The number of para-hydroxylation sites is 1. The van der Waals surface area contributed by atoms with Crippen LogP contribution in [0.5, 0.6) is 0 Å². The van der Waals surface area contributed by atoms with Crippen molar-refractivity contribution in [2.45, 2.75) is 70.6 Å². The van der Waals surface area contributed by atoms with Crippen molar-refractivity contribution in [3.8, 4) is 0 Å². The van der Waals surface area contributed by atoms with Crippen LogP contribution in [0, 0.1) is 0 Å². The summed E-state index contributed by atoms with van der Waals surface area (Å²) in [6, 6.07) is 5.28. The van der Waals surface area contributed by atoms with Gasteiger partial charge in [-0.2, -0.15) is 0 Å². The van der Waals surface area contributed by atoms with Crippen LogP contribution in [0.1, 0.15) is 52.3 Å². The fourth-order valence-corrected chi connectivity index (χ4v) is 4.55. The lowest BCUT2D eigenvalue weighted by Crippen LogP contribution is -2.52. The highest BCUT2D eigenvalue weighted by molar-refractivity contribution is 6.10. The number of hydrogen-bond donors (Lipinski definition) is 2. The first-order chi connectivity index (χ1) is 14.7. The zero-order valence-electron chi connectivity index (χ0n) is 18.0. The summed E-state index contributed by atoms with van der Waals surface area (Å²) >= 11 is 0. The summed E-state index contributed by atoms with van der Waals surface area (Å²) < 4.78 is 0. The number of fused-ring (bicyclic) bond motifs is 1. The maximum absolute atomic E-state index is 13.4. The maximum atomic E-state index is 13.4. The SMILES string of the molecule is CC(C)N(Cc1nc2ccccc2c(=O)[nH]1)C(=O)C(C)N1C(=O)NC2(CCCC2)C1=O. The Hall–Kier alpha value is -3.23. The first kappa shape index (κ1) is 21.0. The van der Waals surface area contributed by atoms with Crippen LogP contribution in [-0.2, 0) is 16.1 Å². The van der Waals surface area contributed by atoms with Crippen LogP contribution in [-0.4, -0.2) is 55.2 Å². The molecule has 1 unspecified atom stereocenters. The van der Waals surface area contributed by atoms with Crippen LogP contribution < -0.4 is 10.9 Å². The highest BCUT2D eigenvalue weighted by atomic mass is 16.2. The Labute approximate surface area is 179 Å². The number of H-pyrrole nitrogens is 1. The zero-order chi connectivity index (χ0) is 22.3. The molecule has 1 saturated carbocycles. The number of carbonyl (C=O) groups excluding carboxylic acids is 3. The van der Waals surface area contributed by atoms with Crippen molar-refractivity contribution in [3.05, 3.63) is 40.4 Å². The van der Waals surface area contributed by atoms with E-state index in [4.69, 9.17) is 0 Å². The molecular formula is C22H27N5O4. The molecule has 2 aromatic rings. The molecule has 2 aliphatic rings. The van der Waals surface area contributed by atoms with Gasteiger partial charge in [-0.15, -0.1) is 0 Å². The summed E-state index contributed by atoms with van der Waals surface area (Å²) in [5, 5.41) is 3.29. The van der Waals surface area contributed by atoms with Gasteiger partial charge >= 0.3 is 6.03 Å². The van der Waals surface area contributed by atoms with E-state index in [2.05, 4.69) is 15.3 Å². The standard InChI is InChI=1S/C22H27N5O4/c1-13(2)26(12-17-23-16-9-5-4-8-15(16)18(28)24-17)19(29)14(3)27-20(30)22(25-21(27)31)10-6-7-11-22/h4-5,8-9,13-14H,6-7,10-12H2,1-3H3,(H,25,31)(H,23,24,28). The van der Waals surface area contributed by atoms with Gasteiger partial charge in [0.15, 0.2) is 0 Å². The van der Waals surface area contributed by atoms with Crippen LogP contribution in [0.4, 0.5) is 4.79 Å². The van der Waals surface area contributed by atoms with E-state index in [1.807, 2.05) is 13.8 Å². The first-order valence-electron chi connectivity index (χ1n) is 10.7. The predicted octanol–water partition coefficient (Wildman–Crippen LogP) is 1.91. The predicted molar refractivity (Wildman–Crippen MR) is 114 cm³/mol. The Balaban J connectivity index is 1.58. The Morgan fingerprint density at radius 3 is 2.52 bits per heavy atom. The molecule has 1 aliphatic carbocycles. The summed E-state index contributed by atoms with van der Waals surface area (Å²) in [6.45, 7) is 5.32. The molecule has 1 spiro atoms. The number of urea groups is 1. The van der Waals surface area contributed by atoms with E-state index in [-0.39, 0.29) is 30.0 Å². The van der Waals surface area contributed by atoms with Gasteiger partial charge in [0, 0.05) is 6.04 Å². The molecule has 0 bridgehead atoms. The third-order valence-corrected chi connectivity index (χ3v) is 6.28. The number of benzene rings is 1. The summed E-state index contributed by atoms with van der Waals surface area (Å²) in [6.07, 6.45) is 2.96. The van der Waals surface area contributed by atoms with Crippen molar-refractivity contribution >= 4 is 28.7 Å². The van der Waals surface area contributed by atoms with Crippen LogP contribution in [0.3, 0.4) is 0 Å². The fraction of sp³-hybridized carbons (Fsp3) is 0.500. The molecule has 1 aromatic carbocycles. The fourth-order valence-electron chi connectivity index (χ4n) is 4.55. The van der Waals surface area contributed by atoms with Crippen molar-refractivity contribution in [1.29, 1.82) is 0 Å². The normalized spacial score (nSPS) is 18.8. The van der Waals surface area contributed by atoms with E-state index in [1.54, 1.807) is 31.2 Å². The minimum atomic E-state index is -0.956. The van der Waals surface area contributed by atoms with Gasteiger partial charge in [0.1, 0.15) is 17.4 Å².